The second-order valence-corrected chi connectivity index (χ2v) is 7.32. The van der Waals surface area contributed by atoms with E-state index in [-0.39, 0.29) is 24.5 Å². The van der Waals surface area contributed by atoms with E-state index in [1.165, 1.54) is 0 Å². The molecular weight excluding hydrogens is 336 g/mol. The highest BCUT2D eigenvalue weighted by Gasteiger charge is 2.24. The van der Waals surface area contributed by atoms with E-state index in [2.05, 4.69) is 5.32 Å². The summed E-state index contributed by atoms with van der Waals surface area (Å²) in [7, 11) is 0. The van der Waals surface area contributed by atoms with Crippen LogP contribution in [0.1, 0.15) is 36.0 Å². The average molecular weight is 360 g/mol. The Morgan fingerprint density at radius 3 is 2.67 bits per heavy atom. The molecule has 27 heavy (non-hydrogen) atoms. The fourth-order valence-corrected chi connectivity index (χ4v) is 3.97. The number of amides is 1. The van der Waals surface area contributed by atoms with Gasteiger partial charge in [-0.25, -0.2) is 4.98 Å². The Labute approximate surface area is 159 Å². The summed E-state index contributed by atoms with van der Waals surface area (Å²) in [6.45, 7) is 0.197. The topological polar surface area (TPSA) is 62.2 Å². The molecule has 4 rings (SSSR count). The van der Waals surface area contributed by atoms with Crippen LogP contribution in [-0.4, -0.2) is 28.6 Å². The number of hydrogen-bond acceptors (Lipinski definition) is 3. The predicted octanol–water partition coefficient (Wildman–Crippen LogP) is 4.18. The summed E-state index contributed by atoms with van der Waals surface area (Å²) in [6.07, 6.45) is 3.90. The van der Waals surface area contributed by atoms with Gasteiger partial charge in [0.05, 0.1) is 16.8 Å². The van der Waals surface area contributed by atoms with E-state index in [0.29, 0.717) is 5.56 Å². The first-order chi connectivity index (χ1) is 13.2. The maximum atomic E-state index is 13.1. The summed E-state index contributed by atoms with van der Waals surface area (Å²) in [4.78, 5) is 17.9. The summed E-state index contributed by atoms with van der Waals surface area (Å²) < 4.78 is 0. The molecule has 2 aromatic carbocycles. The molecule has 0 saturated heterocycles. The van der Waals surface area contributed by atoms with Gasteiger partial charge in [-0.05, 0) is 37.3 Å². The van der Waals surface area contributed by atoms with Crippen molar-refractivity contribution in [1.29, 1.82) is 0 Å². The van der Waals surface area contributed by atoms with E-state index in [4.69, 9.17) is 4.98 Å². The molecule has 138 valence electrons. The van der Waals surface area contributed by atoms with Crippen LogP contribution in [0.3, 0.4) is 0 Å². The molecule has 0 unspecified atom stereocenters. The van der Waals surface area contributed by atoms with Gasteiger partial charge in [0, 0.05) is 23.6 Å². The lowest BCUT2D eigenvalue weighted by atomic mass is 9.86. The Morgan fingerprint density at radius 1 is 1.07 bits per heavy atom. The third-order valence-corrected chi connectivity index (χ3v) is 5.41. The Bertz CT molecular complexity index is 940. The monoisotopic (exact) mass is 360 g/mol. The Kier molecular flexibility index (Phi) is 5.16. The van der Waals surface area contributed by atoms with Gasteiger partial charge in [0.25, 0.3) is 5.91 Å². The molecule has 4 nitrogen and oxygen atoms in total. The minimum Gasteiger partial charge on any atom is -0.396 e. The summed E-state index contributed by atoms with van der Waals surface area (Å²) in [5.41, 5.74) is 3.28. The van der Waals surface area contributed by atoms with E-state index >= 15 is 0 Å². The highest BCUT2D eigenvalue weighted by atomic mass is 16.3. The first kappa shape index (κ1) is 17.7. The van der Waals surface area contributed by atoms with Gasteiger partial charge >= 0.3 is 0 Å². The molecule has 0 bridgehead atoms. The summed E-state index contributed by atoms with van der Waals surface area (Å²) >= 11 is 0. The van der Waals surface area contributed by atoms with Crippen molar-refractivity contribution in [3.8, 4) is 11.3 Å². The molecule has 1 aliphatic rings. The molecule has 2 atom stereocenters. The molecule has 1 aromatic heterocycles. The number of hydrogen-bond donors (Lipinski definition) is 2. The molecular formula is C23H24N2O2. The number of rotatable bonds is 4. The van der Waals surface area contributed by atoms with Gasteiger partial charge in [0.2, 0.25) is 0 Å². The van der Waals surface area contributed by atoms with Gasteiger partial charge in [-0.3, -0.25) is 4.79 Å². The van der Waals surface area contributed by atoms with Crippen LogP contribution in [0.5, 0.6) is 0 Å². The number of fused-ring (bicyclic) bond motifs is 1. The standard InChI is InChI=1S/C23H24N2O2/c26-15-16-7-6-10-18(13-16)24-23(27)20-14-22(17-8-2-1-3-9-17)25-21-12-5-4-11-19(20)21/h1-5,8-9,11-12,14,16,18,26H,6-7,10,13,15H2,(H,24,27)/t16-,18-/m1/s1. The number of nitrogens with one attached hydrogen (secondary N) is 1. The van der Waals surface area contributed by atoms with Gasteiger partial charge in [-0.15, -0.1) is 0 Å². The van der Waals surface area contributed by atoms with Crippen LogP contribution >= 0.6 is 0 Å². The van der Waals surface area contributed by atoms with Crippen molar-refractivity contribution in [3.63, 3.8) is 0 Å². The van der Waals surface area contributed by atoms with E-state index in [9.17, 15) is 9.90 Å². The van der Waals surface area contributed by atoms with Crippen LogP contribution < -0.4 is 5.32 Å². The zero-order chi connectivity index (χ0) is 18.6. The first-order valence-electron chi connectivity index (χ1n) is 9.61. The normalized spacial score (nSPS) is 19.7. The van der Waals surface area contributed by atoms with E-state index in [0.717, 1.165) is 47.8 Å². The summed E-state index contributed by atoms with van der Waals surface area (Å²) in [5.74, 6) is 0.229. The molecule has 1 saturated carbocycles. The first-order valence-corrected chi connectivity index (χ1v) is 9.61. The molecule has 1 heterocycles. The SMILES string of the molecule is O=C(N[C@@H]1CCC[C@@H](CO)C1)c1cc(-c2ccccc2)nc2ccccc12. The lowest BCUT2D eigenvalue weighted by molar-refractivity contribution is 0.0907. The third kappa shape index (κ3) is 3.86. The number of para-hydroxylation sites is 1. The molecule has 1 fully saturated rings. The van der Waals surface area contributed by atoms with Crippen LogP contribution in [0, 0.1) is 5.92 Å². The number of benzene rings is 2. The molecule has 0 radical (unpaired) electrons. The van der Waals surface area contributed by atoms with Crippen LogP contribution in [0.25, 0.3) is 22.2 Å². The van der Waals surface area contributed by atoms with Gasteiger partial charge in [-0.2, -0.15) is 0 Å². The van der Waals surface area contributed by atoms with Gasteiger partial charge in [0.15, 0.2) is 0 Å². The van der Waals surface area contributed by atoms with Crippen molar-refractivity contribution < 1.29 is 9.90 Å². The summed E-state index contributed by atoms with van der Waals surface area (Å²) in [6, 6.07) is 19.7. The predicted molar refractivity (Wildman–Crippen MR) is 107 cm³/mol. The highest BCUT2D eigenvalue weighted by molar-refractivity contribution is 6.07. The molecule has 2 N–H and O–H groups in total. The number of aliphatic hydroxyl groups excluding tert-OH is 1. The number of nitrogens with zero attached hydrogens (tertiary/aromatic N) is 1. The maximum absolute atomic E-state index is 13.1. The van der Waals surface area contributed by atoms with Crippen molar-refractivity contribution in [2.24, 2.45) is 5.92 Å². The Morgan fingerprint density at radius 2 is 1.85 bits per heavy atom. The lowest BCUT2D eigenvalue weighted by Crippen LogP contribution is -2.39. The second-order valence-electron chi connectivity index (χ2n) is 7.32. The van der Waals surface area contributed by atoms with E-state index in [1.807, 2.05) is 60.7 Å². The lowest BCUT2D eigenvalue weighted by Gasteiger charge is -2.28. The Hall–Kier alpha value is -2.72. The number of aliphatic hydroxyl groups is 1. The van der Waals surface area contributed by atoms with Gasteiger partial charge < -0.3 is 10.4 Å². The zero-order valence-electron chi connectivity index (χ0n) is 15.3. The number of pyridine rings is 1. The molecule has 1 aliphatic carbocycles. The van der Waals surface area contributed by atoms with E-state index in [1.54, 1.807) is 0 Å². The van der Waals surface area contributed by atoms with Crippen LogP contribution in [0.2, 0.25) is 0 Å². The largest absolute Gasteiger partial charge is 0.396 e. The molecule has 0 spiro atoms. The minimum atomic E-state index is -0.0608. The van der Waals surface area contributed by atoms with Crippen molar-refractivity contribution in [3.05, 3.63) is 66.2 Å². The molecule has 4 heteroatoms. The second kappa shape index (κ2) is 7.89. The third-order valence-electron chi connectivity index (χ3n) is 5.41. The zero-order valence-corrected chi connectivity index (χ0v) is 15.3. The maximum Gasteiger partial charge on any atom is 0.252 e. The number of carbonyl (C=O) groups is 1. The van der Waals surface area contributed by atoms with Crippen molar-refractivity contribution in [1.82, 2.24) is 10.3 Å². The van der Waals surface area contributed by atoms with E-state index < -0.39 is 0 Å². The quantitative estimate of drug-likeness (QED) is 0.734. The average Bonchev–Trinajstić information content (AvgIpc) is 2.73. The van der Waals surface area contributed by atoms with Gasteiger partial charge in [0.1, 0.15) is 0 Å². The van der Waals surface area contributed by atoms with Crippen LogP contribution in [0.4, 0.5) is 0 Å². The molecule has 0 aliphatic heterocycles. The molecule has 3 aromatic rings. The van der Waals surface area contributed by atoms with Crippen molar-refractivity contribution >= 4 is 16.8 Å². The Balaban J connectivity index is 1.68. The highest BCUT2D eigenvalue weighted by Crippen LogP contribution is 2.27. The van der Waals surface area contributed by atoms with Crippen LogP contribution in [-0.2, 0) is 0 Å². The van der Waals surface area contributed by atoms with Crippen LogP contribution in [0.15, 0.2) is 60.7 Å². The fourth-order valence-electron chi connectivity index (χ4n) is 3.97. The number of aromatic nitrogens is 1. The fraction of sp³-hybridized carbons (Fsp3) is 0.304. The van der Waals surface area contributed by atoms with Gasteiger partial charge in [-0.1, -0.05) is 55.0 Å². The summed E-state index contributed by atoms with van der Waals surface area (Å²) in [5, 5.41) is 13.5. The van der Waals surface area contributed by atoms with Crippen molar-refractivity contribution in [2.75, 3.05) is 6.61 Å². The van der Waals surface area contributed by atoms with Crippen molar-refractivity contribution in [2.45, 2.75) is 31.7 Å². The number of carbonyl (C=O) groups excluding carboxylic acids is 1. The minimum absolute atomic E-state index is 0.0608. The molecule has 1 amide bonds. The smallest absolute Gasteiger partial charge is 0.252 e.